The van der Waals surface area contributed by atoms with Crippen molar-refractivity contribution in [3.63, 3.8) is 0 Å². The van der Waals surface area contributed by atoms with Gasteiger partial charge >= 0.3 is 12.1 Å². The minimum absolute atomic E-state index is 0.126. The van der Waals surface area contributed by atoms with Gasteiger partial charge in [0.1, 0.15) is 0 Å². The molecule has 0 aliphatic rings. The zero-order valence-corrected chi connectivity index (χ0v) is 18.6. The third-order valence-corrected chi connectivity index (χ3v) is 6.48. The molecule has 6 nitrogen and oxygen atoms in total. The molecular weight excluding hydrogens is 471 g/mol. The summed E-state index contributed by atoms with van der Waals surface area (Å²) in [5.74, 6) is -1.45. The topological polar surface area (TPSA) is 80.8 Å². The molecule has 2 rings (SSSR count). The van der Waals surface area contributed by atoms with Crippen LogP contribution in [0.1, 0.15) is 29.8 Å². The highest BCUT2D eigenvalue weighted by Gasteiger charge is 2.33. The van der Waals surface area contributed by atoms with Crippen molar-refractivity contribution in [2.75, 3.05) is 10.8 Å². The third-order valence-electron chi connectivity index (χ3n) is 4.36. The van der Waals surface area contributed by atoms with Crippen molar-refractivity contribution in [1.29, 1.82) is 0 Å². The van der Waals surface area contributed by atoms with Crippen LogP contribution in [0.2, 0.25) is 5.02 Å². The zero-order valence-electron chi connectivity index (χ0n) is 17.0. The number of hydrogen-bond acceptors (Lipinski definition) is 5. The molecule has 0 amide bonds. The molecule has 0 heterocycles. The summed E-state index contributed by atoms with van der Waals surface area (Å²) in [6, 6.07) is 6.98. The van der Waals surface area contributed by atoms with Crippen LogP contribution in [0.3, 0.4) is 0 Å². The SMILES string of the molecule is C=CCN(c1cccc(C(F)(F)F)c1)S(=O)(=O)c1ccc(Cl)c(C(=O)OC(C)C(C)=O)c1. The Bertz CT molecular complexity index is 1150. The standard InChI is InChI=1S/C21H19ClF3NO5S/c1-4-10-26(16-7-5-6-15(11-16)21(23,24)25)32(29,30)17-8-9-19(22)18(12-17)20(28)31-14(3)13(2)27/h4-9,11-12,14H,1,10H2,2-3H3. The lowest BCUT2D eigenvalue weighted by atomic mass is 10.2. The summed E-state index contributed by atoms with van der Waals surface area (Å²) < 4.78 is 71.5. The summed E-state index contributed by atoms with van der Waals surface area (Å²) in [5, 5.41) is -0.126. The van der Waals surface area contributed by atoms with E-state index in [1.807, 2.05) is 0 Å². The van der Waals surface area contributed by atoms with Gasteiger partial charge in [-0.2, -0.15) is 13.2 Å². The van der Waals surface area contributed by atoms with E-state index in [0.717, 1.165) is 30.3 Å². The van der Waals surface area contributed by atoms with Crippen LogP contribution in [0.25, 0.3) is 0 Å². The van der Waals surface area contributed by atoms with Gasteiger partial charge in [0, 0.05) is 0 Å². The highest BCUT2D eigenvalue weighted by atomic mass is 35.5. The zero-order chi connectivity index (χ0) is 24.3. The Kier molecular flexibility index (Phi) is 7.74. The number of hydrogen-bond donors (Lipinski definition) is 0. The van der Waals surface area contributed by atoms with Crippen molar-refractivity contribution in [2.24, 2.45) is 0 Å². The number of ether oxygens (including phenoxy) is 1. The van der Waals surface area contributed by atoms with Gasteiger partial charge in [0.2, 0.25) is 0 Å². The van der Waals surface area contributed by atoms with Gasteiger partial charge in [0.15, 0.2) is 11.9 Å². The number of esters is 1. The van der Waals surface area contributed by atoms with Gasteiger partial charge in [0.05, 0.1) is 33.3 Å². The molecule has 0 radical (unpaired) electrons. The number of anilines is 1. The number of benzene rings is 2. The molecule has 2 aromatic carbocycles. The lowest BCUT2D eigenvalue weighted by Crippen LogP contribution is -2.31. The molecule has 0 N–H and O–H groups in total. The molecule has 0 saturated carbocycles. The molecule has 0 bridgehead atoms. The molecular formula is C21H19ClF3NO5S. The summed E-state index contributed by atoms with van der Waals surface area (Å²) in [5.41, 5.74) is -1.59. The highest BCUT2D eigenvalue weighted by Crippen LogP contribution is 2.33. The predicted octanol–water partition coefficient (Wildman–Crippen LogP) is 4.87. The first kappa shape index (κ1) is 25.4. The summed E-state index contributed by atoms with van der Waals surface area (Å²) in [4.78, 5) is 23.3. The van der Waals surface area contributed by atoms with E-state index in [0.29, 0.717) is 10.4 Å². The van der Waals surface area contributed by atoms with Crippen molar-refractivity contribution < 1.29 is 35.9 Å². The molecule has 11 heteroatoms. The third kappa shape index (κ3) is 5.68. The van der Waals surface area contributed by atoms with Crippen molar-refractivity contribution in [1.82, 2.24) is 0 Å². The molecule has 32 heavy (non-hydrogen) atoms. The van der Waals surface area contributed by atoms with Crippen LogP contribution >= 0.6 is 11.6 Å². The van der Waals surface area contributed by atoms with Crippen LogP contribution in [0, 0.1) is 0 Å². The van der Waals surface area contributed by atoms with E-state index in [1.165, 1.54) is 26.0 Å². The molecule has 0 aliphatic heterocycles. The Labute approximate surface area is 188 Å². The van der Waals surface area contributed by atoms with E-state index < -0.39 is 44.5 Å². The minimum atomic E-state index is -4.68. The fourth-order valence-corrected chi connectivity index (χ4v) is 4.20. The Morgan fingerprint density at radius 1 is 1.22 bits per heavy atom. The number of halogens is 4. The normalized spacial score (nSPS) is 12.7. The minimum Gasteiger partial charge on any atom is -0.451 e. The fraction of sp³-hybridized carbons (Fsp3) is 0.238. The Morgan fingerprint density at radius 3 is 2.44 bits per heavy atom. The number of carbonyl (C=O) groups is 2. The van der Waals surface area contributed by atoms with Crippen LogP contribution in [0.15, 0.2) is 60.0 Å². The average Bonchev–Trinajstić information content (AvgIpc) is 2.71. The molecule has 0 saturated heterocycles. The molecule has 2 aromatic rings. The first-order valence-electron chi connectivity index (χ1n) is 9.11. The Morgan fingerprint density at radius 2 is 1.88 bits per heavy atom. The van der Waals surface area contributed by atoms with Crippen molar-refractivity contribution >= 4 is 39.1 Å². The molecule has 1 atom stereocenters. The molecule has 0 spiro atoms. The lowest BCUT2D eigenvalue weighted by Gasteiger charge is -2.24. The fourth-order valence-electron chi connectivity index (χ4n) is 2.55. The van der Waals surface area contributed by atoms with Gasteiger partial charge < -0.3 is 4.74 Å². The van der Waals surface area contributed by atoms with Crippen molar-refractivity contribution in [3.05, 3.63) is 71.3 Å². The molecule has 0 fully saturated rings. The van der Waals surface area contributed by atoms with Gasteiger partial charge in [0.25, 0.3) is 10.0 Å². The summed E-state index contributed by atoms with van der Waals surface area (Å²) in [6.45, 7) is 5.67. The van der Waals surface area contributed by atoms with E-state index >= 15 is 0 Å². The van der Waals surface area contributed by atoms with E-state index in [9.17, 15) is 31.2 Å². The van der Waals surface area contributed by atoms with Gasteiger partial charge in [-0.1, -0.05) is 23.7 Å². The summed E-state index contributed by atoms with van der Waals surface area (Å²) in [6.07, 6.45) is -4.55. The predicted molar refractivity (Wildman–Crippen MR) is 113 cm³/mol. The first-order valence-corrected chi connectivity index (χ1v) is 10.9. The smallest absolute Gasteiger partial charge is 0.416 e. The number of rotatable bonds is 8. The largest absolute Gasteiger partial charge is 0.451 e. The number of carbonyl (C=O) groups excluding carboxylic acids is 2. The monoisotopic (exact) mass is 489 g/mol. The summed E-state index contributed by atoms with van der Waals surface area (Å²) in [7, 11) is -4.43. The van der Waals surface area contributed by atoms with Gasteiger partial charge in [-0.05, 0) is 50.2 Å². The molecule has 0 aliphatic carbocycles. The Hall–Kier alpha value is -2.85. The van der Waals surface area contributed by atoms with Crippen LogP contribution < -0.4 is 4.31 Å². The number of alkyl halides is 3. The van der Waals surface area contributed by atoms with Crippen LogP contribution in [0.5, 0.6) is 0 Å². The maximum absolute atomic E-state index is 13.2. The van der Waals surface area contributed by atoms with Crippen LogP contribution in [0.4, 0.5) is 18.9 Å². The maximum Gasteiger partial charge on any atom is 0.416 e. The second-order valence-corrected chi connectivity index (χ2v) is 8.94. The van der Waals surface area contributed by atoms with Crippen LogP contribution in [-0.4, -0.2) is 32.8 Å². The van der Waals surface area contributed by atoms with Crippen LogP contribution in [-0.2, 0) is 25.7 Å². The van der Waals surface area contributed by atoms with Gasteiger partial charge in [-0.25, -0.2) is 13.2 Å². The lowest BCUT2D eigenvalue weighted by molar-refractivity contribution is -0.137. The van der Waals surface area contributed by atoms with Crippen molar-refractivity contribution in [3.8, 4) is 0 Å². The molecule has 1 unspecified atom stereocenters. The van der Waals surface area contributed by atoms with Gasteiger partial charge in [-0.3, -0.25) is 9.10 Å². The first-order chi connectivity index (χ1) is 14.8. The Balaban J connectivity index is 2.54. The highest BCUT2D eigenvalue weighted by molar-refractivity contribution is 7.92. The van der Waals surface area contributed by atoms with E-state index in [4.69, 9.17) is 16.3 Å². The van der Waals surface area contributed by atoms with Crippen molar-refractivity contribution in [2.45, 2.75) is 31.0 Å². The number of nitrogens with zero attached hydrogens (tertiary/aromatic N) is 1. The van der Waals surface area contributed by atoms with E-state index in [-0.39, 0.29) is 22.8 Å². The second kappa shape index (κ2) is 9.74. The maximum atomic E-state index is 13.2. The van der Waals surface area contributed by atoms with Gasteiger partial charge in [-0.15, -0.1) is 6.58 Å². The second-order valence-electron chi connectivity index (χ2n) is 6.67. The van der Waals surface area contributed by atoms with E-state index in [1.54, 1.807) is 0 Å². The number of ketones is 1. The summed E-state index contributed by atoms with van der Waals surface area (Å²) >= 11 is 6.00. The van der Waals surface area contributed by atoms with E-state index in [2.05, 4.69) is 6.58 Å². The number of Topliss-reactive ketones (excluding diaryl/α,β-unsaturated/α-hetero) is 1. The molecule has 172 valence electrons. The molecule has 0 aromatic heterocycles. The number of sulfonamides is 1. The average molecular weight is 490 g/mol. The quantitative estimate of drug-likeness (QED) is 0.390.